The third-order valence-electron chi connectivity index (χ3n) is 3.48. The van der Waals surface area contributed by atoms with Crippen LogP contribution in [-0.4, -0.2) is 38.4 Å². The van der Waals surface area contributed by atoms with Crippen LogP contribution in [0, 0.1) is 0 Å². The Bertz CT molecular complexity index is 592. The standard InChI is InChI=1S/C14H21N3O3S/c1-11(14(18)17-8-2-3-9-17)16-21(19,20)10-12-4-6-13(15)7-5-12/h4-7,11,16H,2-3,8-10,15H2,1H3. The maximum Gasteiger partial charge on any atom is 0.240 e. The molecule has 1 atom stereocenters. The smallest absolute Gasteiger partial charge is 0.240 e. The number of anilines is 1. The Morgan fingerprint density at radius 3 is 2.43 bits per heavy atom. The molecular weight excluding hydrogens is 290 g/mol. The molecular formula is C14H21N3O3S. The molecule has 7 heteroatoms. The summed E-state index contributed by atoms with van der Waals surface area (Å²) >= 11 is 0. The second kappa shape index (κ2) is 6.44. The van der Waals surface area contributed by atoms with Gasteiger partial charge >= 0.3 is 0 Å². The van der Waals surface area contributed by atoms with Gasteiger partial charge in [0.05, 0.1) is 11.8 Å². The first kappa shape index (κ1) is 15.8. The number of hydrogen-bond acceptors (Lipinski definition) is 4. The maximum absolute atomic E-state index is 12.1. The quantitative estimate of drug-likeness (QED) is 0.783. The number of benzene rings is 1. The van der Waals surface area contributed by atoms with Crippen LogP contribution in [0.1, 0.15) is 25.3 Å². The Morgan fingerprint density at radius 2 is 1.86 bits per heavy atom. The van der Waals surface area contributed by atoms with Crippen LogP contribution in [0.3, 0.4) is 0 Å². The van der Waals surface area contributed by atoms with Gasteiger partial charge < -0.3 is 10.6 Å². The zero-order valence-electron chi connectivity index (χ0n) is 12.1. The number of amides is 1. The lowest BCUT2D eigenvalue weighted by atomic mass is 10.2. The molecule has 2 rings (SSSR count). The van der Waals surface area contributed by atoms with E-state index in [1.54, 1.807) is 36.1 Å². The molecule has 0 spiro atoms. The Balaban J connectivity index is 1.96. The molecule has 0 aliphatic carbocycles. The number of carbonyl (C=O) groups is 1. The number of rotatable bonds is 5. The van der Waals surface area contributed by atoms with E-state index >= 15 is 0 Å². The largest absolute Gasteiger partial charge is 0.399 e. The van der Waals surface area contributed by atoms with Gasteiger partial charge in [0.15, 0.2) is 0 Å². The van der Waals surface area contributed by atoms with Crippen molar-refractivity contribution >= 4 is 21.6 Å². The van der Waals surface area contributed by atoms with Crippen LogP contribution in [0.4, 0.5) is 5.69 Å². The summed E-state index contributed by atoms with van der Waals surface area (Å²) in [7, 11) is -3.56. The summed E-state index contributed by atoms with van der Waals surface area (Å²) in [6.45, 7) is 3.01. The summed E-state index contributed by atoms with van der Waals surface area (Å²) in [6, 6.07) is 5.91. The highest BCUT2D eigenvalue weighted by atomic mass is 32.2. The van der Waals surface area contributed by atoms with Gasteiger partial charge in [0.2, 0.25) is 15.9 Å². The minimum absolute atomic E-state index is 0.159. The fourth-order valence-electron chi connectivity index (χ4n) is 2.41. The number of carbonyl (C=O) groups excluding carboxylic acids is 1. The molecule has 1 aromatic carbocycles. The van der Waals surface area contributed by atoms with Crippen molar-refractivity contribution in [3.8, 4) is 0 Å². The van der Waals surface area contributed by atoms with Crippen molar-refractivity contribution in [3.05, 3.63) is 29.8 Å². The number of nitrogen functional groups attached to an aromatic ring is 1. The van der Waals surface area contributed by atoms with Gasteiger partial charge in [-0.05, 0) is 37.5 Å². The molecule has 1 unspecified atom stereocenters. The van der Waals surface area contributed by atoms with Crippen molar-refractivity contribution in [2.75, 3.05) is 18.8 Å². The molecule has 1 aromatic rings. The SMILES string of the molecule is CC(NS(=O)(=O)Cc1ccc(N)cc1)C(=O)N1CCCC1. The van der Waals surface area contributed by atoms with Crippen LogP contribution in [0.5, 0.6) is 0 Å². The molecule has 1 fully saturated rings. The molecule has 1 heterocycles. The van der Waals surface area contributed by atoms with E-state index in [4.69, 9.17) is 5.73 Å². The van der Waals surface area contributed by atoms with Crippen LogP contribution in [0.25, 0.3) is 0 Å². The molecule has 0 aromatic heterocycles. The van der Waals surface area contributed by atoms with Gasteiger partial charge in [-0.1, -0.05) is 12.1 Å². The molecule has 6 nitrogen and oxygen atoms in total. The summed E-state index contributed by atoms with van der Waals surface area (Å²) < 4.78 is 26.6. The lowest BCUT2D eigenvalue weighted by Gasteiger charge is -2.21. The van der Waals surface area contributed by atoms with E-state index in [0.717, 1.165) is 12.8 Å². The molecule has 1 aliphatic rings. The zero-order chi connectivity index (χ0) is 15.5. The van der Waals surface area contributed by atoms with E-state index < -0.39 is 16.1 Å². The molecule has 0 radical (unpaired) electrons. The second-order valence-corrected chi connectivity index (χ2v) is 7.13. The van der Waals surface area contributed by atoms with E-state index in [0.29, 0.717) is 24.3 Å². The number of hydrogen-bond donors (Lipinski definition) is 2. The summed E-state index contributed by atoms with van der Waals surface area (Å²) in [5.41, 5.74) is 6.79. The summed E-state index contributed by atoms with van der Waals surface area (Å²) in [5.74, 6) is -0.321. The van der Waals surface area contributed by atoms with Crippen molar-refractivity contribution in [2.24, 2.45) is 0 Å². The van der Waals surface area contributed by atoms with Crippen LogP contribution < -0.4 is 10.5 Å². The maximum atomic E-state index is 12.1. The van der Waals surface area contributed by atoms with E-state index in [9.17, 15) is 13.2 Å². The van der Waals surface area contributed by atoms with Gasteiger partial charge in [-0.25, -0.2) is 13.1 Å². The molecule has 1 aliphatic heterocycles. The number of likely N-dealkylation sites (tertiary alicyclic amines) is 1. The molecule has 21 heavy (non-hydrogen) atoms. The lowest BCUT2D eigenvalue weighted by Crippen LogP contribution is -2.46. The number of nitrogens with two attached hydrogens (primary N) is 1. The first-order valence-electron chi connectivity index (χ1n) is 7.00. The van der Waals surface area contributed by atoms with Gasteiger partial charge in [-0.15, -0.1) is 0 Å². The average molecular weight is 311 g/mol. The minimum Gasteiger partial charge on any atom is -0.399 e. The van der Waals surface area contributed by atoms with Crippen LogP contribution >= 0.6 is 0 Å². The molecule has 116 valence electrons. The fourth-order valence-corrected chi connectivity index (χ4v) is 3.76. The van der Waals surface area contributed by atoms with Crippen molar-refractivity contribution in [2.45, 2.75) is 31.6 Å². The minimum atomic E-state index is -3.56. The monoisotopic (exact) mass is 311 g/mol. The molecule has 3 N–H and O–H groups in total. The Labute approximate surface area is 125 Å². The predicted molar refractivity (Wildman–Crippen MR) is 81.9 cm³/mol. The summed E-state index contributed by atoms with van der Waals surface area (Å²) in [6.07, 6.45) is 1.97. The van der Waals surface area contributed by atoms with Crippen molar-refractivity contribution in [1.29, 1.82) is 0 Å². The highest BCUT2D eigenvalue weighted by Crippen LogP contribution is 2.11. The third kappa shape index (κ3) is 4.44. The topological polar surface area (TPSA) is 92.5 Å². The molecule has 1 amide bonds. The molecule has 1 saturated heterocycles. The first-order chi connectivity index (χ1) is 9.87. The number of nitrogens with one attached hydrogen (secondary N) is 1. The summed E-state index contributed by atoms with van der Waals surface area (Å²) in [5, 5.41) is 0. The van der Waals surface area contributed by atoms with Gasteiger partial charge in [0, 0.05) is 18.8 Å². The van der Waals surface area contributed by atoms with Gasteiger partial charge in [-0.2, -0.15) is 0 Å². The van der Waals surface area contributed by atoms with E-state index in [-0.39, 0.29) is 11.7 Å². The van der Waals surface area contributed by atoms with Gasteiger partial charge in [-0.3, -0.25) is 4.79 Å². The van der Waals surface area contributed by atoms with E-state index in [2.05, 4.69) is 4.72 Å². The van der Waals surface area contributed by atoms with Crippen molar-refractivity contribution in [1.82, 2.24) is 9.62 Å². The Hall–Kier alpha value is -1.60. The Morgan fingerprint density at radius 1 is 1.29 bits per heavy atom. The normalized spacial score (nSPS) is 16.9. The van der Waals surface area contributed by atoms with E-state index in [1.807, 2.05) is 0 Å². The van der Waals surface area contributed by atoms with Crippen LogP contribution in [0.15, 0.2) is 24.3 Å². The fraction of sp³-hybridized carbons (Fsp3) is 0.500. The van der Waals surface area contributed by atoms with Gasteiger partial charge in [0.1, 0.15) is 0 Å². The molecule has 0 bridgehead atoms. The highest BCUT2D eigenvalue weighted by molar-refractivity contribution is 7.88. The lowest BCUT2D eigenvalue weighted by molar-refractivity contribution is -0.131. The predicted octanol–water partition coefficient (Wildman–Crippen LogP) is 0.699. The number of nitrogens with zero attached hydrogens (tertiary/aromatic N) is 1. The first-order valence-corrected chi connectivity index (χ1v) is 8.66. The average Bonchev–Trinajstić information content (AvgIpc) is 2.93. The molecule has 0 saturated carbocycles. The van der Waals surface area contributed by atoms with E-state index in [1.165, 1.54) is 0 Å². The van der Waals surface area contributed by atoms with Crippen molar-refractivity contribution in [3.63, 3.8) is 0 Å². The second-order valence-electron chi connectivity index (χ2n) is 5.37. The zero-order valence-corrected chi connectivity index (χ0v) is 12.9. The van der Waals surface area contributed by atoms with Crippen LogP contribution in [0.2, 0.25) is 0 Å². The van der Waals surface area contributed by atoms with Crippen LogP contribution in [-0.2, 0) is 20.6 Å². The Kier molecular flexibility index (Phi) is 4.84. The van der Waals surface area contributed by atoms with Crippen molar-refractivity contribution < 1.29 is 13.2 Å². The van der Waals surface area contributed by atoms with Gasteiger partial charge in [0.25, 0.3) is 0 Å². The highest BCUT2D eigenvalue weighted by Gasteiger charge is 2.26. The summed E-state index contributed by atoms with van der Waals surface area (Å²) in [4.78, 5) is 13.8. The third-order valence-corrected chi connectivity index (χ3v) is 4.91. The number of sulfonamides is 1.